The van der Waals surface area contributed by atoms with E-state index in [2.05, 4.69) is 31.9 Å². The lowest BCUT2D eigenvalue weighted by molar-refractivity contribution is -0.255. The quantitative estimate of drug-likeness (QED) is 0.440. The monoisotopic (exact) mass is 401 g/mol. The van der Waals surface area contributed by atoms with E-state index in [0.717, 1.165) is 41.3 Å². The number of rotatable bonds is 1. The summed E-state index contributed by atoms with van der Waals surface area (Å²) >= 11 is 7.19. The van der Waals surface area contributed by atoms with E-state index in [1.165, 1.54) is 0 Å². The first kappa shape index (κ1) is 13.0. The molecular weight excluding hydrogens is 396 g/mol. The second-order valence-electron chi connectivity index (χ2n) is 5.03. The minimum Gasteiger partial charge on any atom is -0.545 e. The van der Waals surface area contributed by atoms with Gasteiger partial charge in [-0.25, -0.2) is 0 Å². The van der Waals surface area contributed by atoms with Crippen molar-refractivity contribution in [1.29, 1.82) is 0 Å². The predicted molar refractivity (Wildman–Crippen MR) is 89.9 cm³/mol. The van der Waals surface area contributed by atoms with Crippen LogP contribution >= 0.6 is 31.9 Å². The molecular formula is C17H7Br2O2-. The predicted octanol–water partition coefficient (Wildman–Crippen LogP) is 4.47. The molecule has 0 aromatic heterocycles. The van der Waals surface area contributed by atoms with Gasteiger partial charge in [0.15, 0.2) is 0 Å². The van der Waals surface area contributed by atoms with Crippen LogP contribution in [0.4, 0.5) is 0 Å². The molecule has 21 heavy (non-hydrogen) atoms. The van der Waals surface area contributed by atoms with E-state index in [9.17, 15) is 9.90 Å². The van der Waals surface area contributed by atoms with Crippen molar-refractivity contribution in [2.75, 3.05) is 0 Å². The van der Waals surface area contributed by atoms with Crippen LogP contribution in [0.3, 0.4) is 0 Å². The SMILES string of the molecule is O=C([O-])c1cc2ccc3c(Br)cc(Br)c4ccc(c1)c2c34. The van der Waals surface area contributed by atoms with E-state index in [1.807, 2.05) is 30.3 Å². The maximum absolute atomic E-state index is 11.1. The number of aromatic carboxylic acids is 1. The highest BCUT2D eigenvalue weighted by molar-refractivity contribution is 9.11. The van der Waals surface area contributed by atoms with E-state index in [-0.39, 0.29) is 5.56 Å². The number of hydrogen-bond donors (Lipinski definition) is 0. The van der Waals surface area contributed by atoms with Crippen LogP contribution in [0.5, 0.6) is 0 Å². The fourth-order valence-electron chi connectivity index (χ4n) is 2.95. The summed E-state index contributed by atoms with van der Waals surface area (Å²) in [5, 5.41) is 17.4. The Morgan fingerprint density at radius 2 is 1.33 bits per heavy atom. The molecule has 4 aromatic rings. The Bertz CT molecular complexity index is 968. The molecule has 0 amide bonds. The van der Waals surface area contributed by atoms with Crippen LogP contribution in [0, 0.1) is 0 Å². The fourth-order valence-corrected chi connectivity index (χ4v) is 4.38. The van der Waals surface area contributed by atoms with Crippen LogP contribution in [0.15, 0.2) is 51.4 Å². The number of benzene rings is 4. The number of carbonyl (C=O) groups is 1. The Labute approximate surface area is 137 Å². The second kappa shape index (κ2) is 4.42. The molecule has 4 rings (SSSR count). The van der Waals surface area contributed by atoms with Crippen molar-refractivity contribution in [3.8, 4) is 0 Å². The summed E-state index contributed by atoms with van der Waals surface area (Å²) in [4.78, 5) is 11.1. The molecule has 0 saturated heterocycles. The van der Waals surface area contributed by atoms with Gasteiger partial charge in [0, 0.05) is 8.95 Å². The molecule has 0 aliphatic carbocycles. The first-order valence-electron chi connectivity index (χ1n) is 6.34. The average molecular weight is 403 g/mol. The van der Waals surface area contributed by atoms with Crippen molar-refractivity contribution >= 4 is 70.1 Å². The van der Waals surface area contributed by atoms with Gasteiger partial charge >= 0.3 is 0 Å². The van der Waals surface area contributed by atoms with E-state index in [1.54, 1.807) is 12.1 Å². The summed E-state index contributed by atoms with van der Waals surface area (Å²) in [6.45, 7) is 0. The molecule has 0 N–H and O–H groups in total. The minimum atomic E-state index is -1.15. The zero-order chi connectivity index (χ0) is 14.7. The summed E-state index contributed by atoms with van der Waals surface area (Å²) in [5.74, 6) is -1.15. The number of carbonyl (C=O) groups excluding carboxylic acids is 1. The molecule has 0 aliphatic heterocycles. The third-order valence-electron chi connectivity index (χ3n) is 3.85. The molecule has 0 heterocycles. The Kier molecular flexibility index (Phi) is 2.75. The second-order valence-corrected chi connectivity index (χ2v) is 6.74. The van der Waals surface area contributed by atoms with Gasteiger partial charge in [0.2, 0.25) is 0 Å². The molecule has 102 valence electrons. The fraction of sp³-hybridized carbons (Fsp3) is 0. The van der Waals surface area contributed by atoms with Gasteiger partial charge in [0.25, 0.3) is 0 Å². The lowest BCUT2D eigenvalue weighted by atomic mass is 9.93. The smallest absolute Gasteiger partial charge is 0.0715 e. The van der Waals surface area contributed by atoms with E-state index >= 15 is 0 Å². The molecule has 0 atom stereocenters. The van der Waals surface area contributed by atoms with Crippen LogP contribution in [-0.2, 0) is 0 Å². The van der Waals surface area contributed by atoms with Gasteiger partial charge in [-0.3, -0.25) is 0 Å². The van der Waals surface area contributed by atoms with Gasteiger partial charge in [-0.05, 0) is 56.1 Å². The van der Waals surface area contributed by atoms with Crippen molar-refractivity contribution in [3.63, 3.8) is 0 Å². The molecule has 0 radical (unpaired) electrons. The van der Waals surface area contributed by atoms with Crippen LogP contribution in [0.25, 0.3) is 32.3 Å². The lowest BCUT2D eigenvalue weighted by Crippen LogP contribution is -2.22. The number of carboxylic acid groups (broad SMARTS) is 1. The summed E-state index contributed by atoms with van der Waals surface area (Å²) in [6, 6.07) is 13.3. The topological polar surface area (TPSA) is 40.1 Å². The Morgan fingerprint density at radius 1 is 0.810 bits per heavy atom. The first-order chi connectivity index (χ1) is 10.1. The summed E-state index contributed by atoms with van der Waals surface area (Å²) in [6.07, 6.45) is 0. The van der Waals surface area contributed by atoms with E-state index in [4.69, 9.17) is 0 Å². The maximum Gasteiger partial charge on any atom is 0.0715 e. The summed E-state index contributed by atoms with van der Waals surface area (Å²) in [7, 11) is 0. The van der Waals surface area contributed by atoms with E-state index in [0.29, 0.717) is 0 Å². The molecule has 0 spiro atoms. The van der Waals surface area contributed by atoms with Gasteiger partial charge in [0.1, 0.15) is 0 Å². The van der Waals surface area contributed by atoms with Gasteiger partial charge in [-0.2, -0.15) is 0 Å². The molecule has 0 unspecified atom stereocenters. The van der Waals surface area contributed by atoms with Crippen molar-refractivity contribution in [1.82, 2.24) is 0 Å². The summed E-state index contributed by atoms with van der Waals surface area (Å²) in [5.41, 5.74) is 0.207. The zero-order valence-electron chi connectivity index (χ0n) is 10.6. The highest BCUT2D eigenvalue weighted by atomic mass is 79.9. The van der Waals surface area contributed by atoms with Gasteiger partial charge in [-0.15, -0.1) is 0 Å². The Balaban J connectivity index is 2.33. The van der Waals surface area contributed by atoms with E-state index < -0.39 is 5.97 Å². The number of hydrogen-bond acceptors (Lipinski definition) is 2. The third-order valence-corrected chi connectivity index (χ3v) is 5.16. The van der Waals surface area contributed by atoms with Crippen molar-refractivity contribution in [3.05, 3.63) is 57.0 Å². The third kappa shape index (κ3) is 1.79. The largest absolute Gasteiger partial charge is 0.545 e. The van der Waals surface area contributed by atoms with Gasteiger partial charge in [-0.1, -0.05) is 56.1 Å². The molecule has 4 aromatic carbocycles. The minimum absolute atomic E-state index is 0.207. The summed E-state index contributed by atoms with van der Waals surface area (Å²) < 4.78 is 2.03. The number of halogens is 2. The molecule has 0 fully saturated rings. The highest BCUT2D eigenvalue weighted by Crippen LogP contribution is 2.41. The van der Waals surface area contributed by atoms with Crippen molar-refractivity contribution in [2.45, 2.75) is 0 Å². The van der Waals surface area contributed by atoms with Crippen LogP contribution in [-0.4, -0.2) is 5.97 Å². The standard InChI is InChI=1S/C17H8Br2O2/c18-13-7-14(19)12-4-2-9-6-10(17(20)21)5-8-1-3-11(13)16(12)15(8)9/h1-7H,(H,20,21)/p-1. The molecule has 0 aliphatic rings. The molecule has 0 bridgehead atoms. The highest BCUT2D eigenvalue weighted by Gasteiger charge is 2.13. The van der Waals surface area contributed by atoms with Gasteiger partial charge < -0.3 is 9.90 Å². The van der Waals surface area contributed by atoms with Crippen LogP contribution in [0.2, 0.25) is 0 Å². The average Bonchev–Trinajstić information content (AvgIpc) is 2.46. The molecule has 0 saturated carbocycles. The molecule has 4 heteroatoms. The van der Waals surface area contributed by atoms with Crippen molar-refractivity contribution < 1.29 is 9.90 Å². The lowest BCUT2D eigenvalue weighted by Gasteiger charge is -2.14. The zero-order valence-corrected chi connectivity index (χ0v) is 13.8. The van der Waals surface area contributed by atoms with Crippen molar-refractivity contribution in [2.24, 2.45) is 0 Å². The van der Waals surface area contributed by atoms with Gasteiger partial charge in [0.05, 0.1) is 5.97 Å². The van der Waals surface area contributed by atoms with Crippen LogP contribution < -0.4 is 5.11 Å². The van der Waals surface area contributed by atoms with Crippen LogP contribution in [0.1, 0.15) is 10.4 Å². The Hall–Kier alpha value is -1.65. The first-order valence-corrected chi connectivity index (χ1v) is 7.93. The molecule has 2 nitrogen and oxygen atoms in total. The maximum atomic E-state index is 11.1. The number of carboxylic acids is 1. The normalized spacial score (nSPS) is 11.7. The Morgan fingerprint density at radius 3 is 1.81 bits per heavy atom.